The average molecular weight is 246 g/mol. The van der Waals surface area contributed by atoms with E-state index >= 15 is 0 Å². The van der Waals surface area contributed by atoms with Crippen LogP contribution in [0.4, 0.5) is 0 Å². The Morgan fingerprint density at radius 1 is 1.67 bits per heavy atom. The van der Waals surface area contributed by atoms with Crippen LogP contribution in [-0.4, -0.2) is 0 Å². The van der Waals surface area contributed by atoms with Gasteiger partial charge in [-0.15, -0.1) is 11.3 Å². The summed E-state index contributed by atoms with van der Waals surface area (Å²) in [6, 6.07) is 2.35. The molecular formula is C9H12BrNS. The summed E-state index contributed by atoms with van der Waals surface area (Å²) >= 11 is 5.45. The van der Waals surface area contributed by atoms with Gasteiger partial charge in [-0.05, 0) is 47.7 Å². The lowest BCUT2D eigenvalue weighted by molar-refractivity contribution is 0.838. The molecule has 12 heavy (non-hydrogen) atoms. The number of hydrogen-bond donors (Lipinski definition) is 1. The topological polar surface area (TPSA) is 26.0 Å². The summed E-state index contributed by atoms with van der Waals surface area (Å²) in [5, 5.41) is 0. The number of halogens is 1. The zero-order valence-electron chi connectivity index (χ0n) is 7.01. The zero-order valence-corrected chi connectivity index (χ0v) is 9.41. The maximum absolute atomic E-state index is 5.81. The highest BCUT2D eigenvalue weighted by molar-refractivity contribution is 9.10. The molecule has 0 radical (unpaired) electrons. The molecule has 0 amide bonds. The molecule has 2 N–H and O–H groups in total. The van der Waals surface area contributed by atoms with Crippen LogP contribution in [0.2, 0.25) is 0 Å². The van der Waals surface area contributed by atoms with Gasteiger partial charge in [-0.2, -0.15) is 0 Å². The fourth-order valence-electron chi connectivity index (χ4n) is 1.25. The summed E-state index contributed by atoms with van der Waals surface area (Å²) in [6.07, 6.45) is 2.72. The van der Waals surface area contributed by atoms with E-state index in [1.807, 2.05) is 18.3 Å². The lowest BCUT2D eigenvalue weighted by Crippen LogP contribution is -2.01. The van der Waals surface area contributed by atoms with Crippen molar-refractivity contribution in [3.8, 4) is 0 Å². The van der Waals surface area contributed by atoms with E-state index in [1.165, 1.54) is 27.1 Å². The van der Waals surface area contributed by atoms with Gasteiger partial charge in [0.1, 0.15) is 0 Å². The first-order valence-electron chi connectivity index (χ1n) is 4.23. The minimum atomic E-state index is 0.179. The molecule has 1 heterocycles. The summed E-state index contributed by atoms with van der Waals surface area (Å²) in [5.41, 5.74) is 5.81. The molecule has 1 nitrogen and oxygen atoms in total. The first kappa shape index (κ1) is 8.73. The van der Waals surface area contributed by atoms with Gasteiger partial charge in [-0.25, -0.2) is 0 Å². The number of nitrogens with two attached hydrogens (primary N) is 1. The van der Waals surface area contributed by atoms with E-state index in [9.17, 15) is 0 Å². The van der Waals surface area contributed by atoms with E-state index in [1.54, 1.807) is 0 Å². The highest BCUT2D eigenvalue weighted by Crippen LogP contribution is 2.47. The molecule has 2 rings (SSSR count). The second-order valence-corrected chi connectivity index (χ2v) is 5.39. The van der Waals surface area contributed by atoms with Crippen LogP contribution in [0.3, 0.4) is 0 Å². The Labute approximate surface area is 85.1 Å². The first-order chi connectivity index (χ1) is 5.68. The molecule has 0 saturated heterocycles. The normalized spacial score (nSPS) is 19.6. The van der Waals surface area contributed by atoms with Crippen LogP contribution < -0.4 is 5.73 Å². The van der Waals surface area contributed by atoms with Crippen LogP contribution in [0.25, 0.3) is 0 Å². The van der Waals surface area contributed by atoms with Crippen LogP contribution in [0.15, 0.2) is 10.5 Å². The molecule has 1 aliphatic rings. The SMILES string of the molecule is CC(N)c1cc(Br)c(C2CC2)s1. The molecule has 0 aliphatic heterocycles. The Balaban J connectivity index is 2.30. The van der Waals surface area contributed by atoms with Gasteiger partial charge in [0.15, 0.2) is 0 Å². The van der Waals surface area contributed by atoms with Gasteiger partial charge in [0, 0.05) is 20.3 Å². The van der Waals surface area contributed by atoms with E-state index in [0.717, 1.165) is 5.92 Å². The predicted molar refractivity (Wildman–Crippen MR) is 56.6 cm³/mol. The van der Waals surface area contributed by atoms with Crippen molar-refractivity contribution in [1.29, 1.82) is 0 Å². The smallest absolute Gasteiger partial charge is 0.0361 e. The highest BCUT2D eigenvalue weighted by atomic mass is 79.9. The quantitative estimate of drug-likeness (QED) is 0.850. The van der Waals surface area contributed by atoms with Gasteiger partial charge in [-0.3, -0.25) is 0 Å². The summed E-state index contributed by atoms with van der Waals surface area (Å²) in [4.78, 5) is 2.80. The molecular weight excluding hydrogens is 234 g/mol. The van der Waals surface area contributed by atoms with E-state index in [-0.39, 0.29) is 6.04 Å². The lowest BCUT2D eigenvalue weighted by Gasteiger charge is -1.97. The average Bonchev–Trinajstić information content (AvgIpc) is 2.75. The molecule has 1 aromatic heterocycles. The third kappa shape index (κ3) is 1.58. The number of thiophene rings is 1. The van der Waals surface area contributed by atoms with Crippen molar-refractivity contribution in [2.24, 2.45) is 5.73 Å². The maximum atomic E-state index is 5.81. The van der Waals surface area contributed by atoms with Crippen molar-refractivity contribution in [2.45, 2.75) is 31.7 Å². The molecule has 66 valence electrons. The Bertz CT molecular complexity index is 289. The molecule has 3 heteroatoms. The Morgan fingerprint density at radius 3 is 2.75 bits per heavy atom. The van der Waals surface area contributed by atoms with Gasteiger partial charge in [0.25, 0.3) is 0 Å². The van der Waals surface area contributed by atoms with Gasteiger partial charge < -0.3 is 5.73 Å². The number of rotatable bonds is 2. The van der Waals surface area contributed by atoms with Crippen LogP contribution in [0.1, 0.15) is 41.5 Å². The Morgan fingerprint density at radius 2 is 2.33 bits per heavy atom. The van der Waals surface area contributed by atoms with Gasteiger partial charge in [-0.1, -0.05) is 0 Å². The zero-order chi connectivity index (χ0) is 8.72. The Hall–Kier alpha value is 0.140. The fraction of sp³-hybridized carbons (Fsp3) is 0.556. The molecule has 1 fully saturated rings. The predicted octanol–water partition coefficient (Wildman–Crippen LogP) is 3.41. The second kappa shape index (κ2) is 3.13. The van der Waals surface area contributed by atoms with Crippen molar-refractivity contribution in [2.75, 3.05) is 0 Å². The summed E-state index contributed by atoms with van der Waals surface area (Å²) in [5.74, 6) is 0.830. The fourth-order valence-corrected chi connectivity index (χ4v) is 3.39. The molecule has 0 aromatic carbocycles. The van der Waals surface area contributed by atoms with E-state index in [0.29, 0.717) is 0 Å². The third-order valence-electron chi connectivity index (χ3n) is 2.13. The lowest BCUT2D eigenvalue weighted by atomic mass is 10.3. The first-order valence-corrected chi connectivity index (χ1v) is 5.84. The van der Waals surface area contributed by atoms with Crippen molar-refractivity contribution in [3.05, 3.63) is 20.3 Å². The van der Waals surface area contributed by atoms with Crippen LogP contribution in [0, 0.1) is 0 Å². The Kier molecular flexibility index (Phi) is 2.27. The molecule has 1 unspecified atom stereocenters. The molecule has 0 bridgehead atoms. The summed E-state index contributed by atoms with van der Waals surface area (Å²) in [7, 11) is 0. The minimum absolute atomic E-state index is 0.179. The van der Waals surface area contributed by atoms with Crippen molar-refractivity contribution >= 4 is 27.3 Å². The van der Waals surface area contributed by atoms with Crippen LogP contribution in [-0.2, 0) is 0 Å². The molecule has 1 aliphatic carbocycles. The van der Waals surface area contributed by atoms with Gasteiger partial charge in [0.2, 0.25) is 0 Å². The van der Waals surface area contributed by atoms with E-state index < -0.39 is 0 Å². The van der Waals surface area contributed by atoms with Crippen LogP contribution in [0.5, 0.6) is 0 Å². The van der Waals surface area contributed by atoms with Gasteiger partial charge >= 0.3 is 0 Å². The van der Waals surface area contributed by atoms with E-state index in [4.69, 9.17) is 5.73 Å². The van der Waals surface area contributed by atoms with Crippen molar-refractivity contribution in [1.82, 2.24) is 0 Å². The largest absolute Gasteiger partial charge is 0.324 e. The molecule has 1 atom stereocenters. The number of hydrogen-bond acceptors (Lipinski definition) is 2. The monoisotopic (exact) mass is 245 g/mol. The van der Waals surface area contributed by atoms with Crippen LogP contribution >= 0.6 is 27.3 Å². The standard InChI is InChI=1S/C9H12BrNS/c1-5(11)8-4-7(10)9(12-8)6-2-3-6/h4-6H,2-3,11H2,1H3. The van der Waals surface area contributed by atoms with E-state index in [2.05, 4.69) is 22.0 Å². The molecule has 0 spiro atoms. The van der Waals surface area contributed by atoms with Gasteiger partial charge in [0.05, 0.1) is 0 Å². The molecule has 1 aromatic rings. The summed E-state index contributed by atoms with van der Waals surface area (Å²) in [6.45, 7) is 2.04. The maximum Gasteiger partial charge on any atom is 0.0361 e. The minimum Gasteiger partial charge on any atom is -0.324 e. The van der Waals surface area contributed by atoms with Crippen molar-refractivity contribution < 1.29 is 0 Å². The molecule has 1 saturated carbocycles. The van der Waals surface area contributed by atoms with Crippen molar-refractivity contribution in [3.63, 3.8) is 0 Å². The summed E-state index contributed by atoms with van der Waals surface area (Å²) < 4.78 is 1.27. The highest BCUT2D eigenvalue weighted by Gasteiger charge is 2.27. The second-order valence-electron chi connectivity index (χ2n) is 3.42. The third-order valence-corrected chi connectivity index (χ3v) is 4.55.